The Labute approximate surface area is 152 Å². The molecule has 0 bridgehead atoms. The van der Waals surface area contributed by atoms with Gasteiger partial charge in [-0.15, -0.1) is 12.4 Å². The molecule has 1 aromatic rings. The molecule has 3 N–H and O–H groups in total. The van der Waals surface area contributed by atoms with E-state index in [1.807, 2.05) is 0 Å². The van der Waals surface area contributed by atoms with Crippen LogP contribution in [0.5, 0.6) is 0 Å². The zero-order valence-electron chi connectivity index (χ0n) is 15.0. The molecule has 0 radical (unpaired) electrons. The summed E-state index contributed by atoms with van der Waals surface area (Å²) in [6.45, 7) is 4.91. The van der Waals surface area contributed by atoms with Crippen LogP contribution in [0.1, 0.15) is 79.2 Å². The molecule has 0 saturated heterocycles. The van der Waals surface area contributed by atoms with E-state index >= 15 is 0 Å². The van der Waals surface area contributed by atoms with Crippen molar-refractivity contribution in [3.05, 3.63) is 23.0 Å². The van der Waals surface area contributed by atoms with Crippen LogP contribution in [0.15, 0.2) is 6.07 Å². The molecule has 5 heteroatoms. The molecule has 3 rings (SSSR count). The molecular weight excluding hydrogens is 322 g/mol. The number of carbonyl (C=O) groups is 1. The first kappa shape index (κ1) is 19.3. The van der Waals surface area contributed by atoms with Crippen molar-refractivity contribution in [3.8, 4) is 0 Å². The summed E-state index contributed by atoms with van der Waals surface area (Å²) < 4.78 is 2.41. The third-order valence-corrected chi connectivity index (χ3v) is 5.95. The van der Waals surface area contributed by atoms with Crippen LogP contribution in [-0.2, 0) is 0 Å². The van der Waals surface area contributed by atoms with Crippen molar-refractivity contribution in [3.63, 3.8) is 0 Å². The Morgan fingerprint density at radius 3 is 2.54 bits per heavy atom. The minimum Gasteiger partial charge on any atom is -0.349 e. The van der Waals surface area contributed by atoms with Crippen LogP contribution in [0.2, 0.25) is 0 Å². The van der Waals surface area contributed by atoms with E-state index in [1.165, 1.54) is 44.2 Å². The van der Waals surface area contributed by atoms with Crippen molar-refractivity contribution in [1.29, 1.82) is 0 Å². The highest BCUT2D eigenvalue weighted by atomic mass is 35.5. The summed E-state index contributed by atoms with van der Waals surface area (Å²) in [6.07, 6.45) is 9.84. The smallest absolute Gasteiger partial charge is 0.253 e. The number of carbonyl (C=O) groups excluding carboxylic acids is 1. The zero-order chi connectivity index (χ0) is 16.4. The van der Waals surface area contributed by atoms with Crippen LogP contribution >= 0.6 is 12.4 Å². The highest BCUT2D eigenvalue weighted by molar-refractivity contribution is 5.96. The normalized spacial score (nSPS) is 24.6. The van der Waals surface area contributed by atoms with Gasteiger partial charge in [-0.25, -0.2) is 0 Å². The van der Waals surface area contributed by atoms with Gasteiger partial charge in [-0.05, 0) is 58.1 Å². The van der Waals surface area contributed by atoms with Gasteiger partial charge >= 0.3 is 0 Å². The van der Waals surface area contributed by atoms with Crippen LogP contribution < -0.4 is 11.1 Å². The van der Waals surface area contributed by atoms with Crippen molar-refractivity contribution in [1.82, 2.24) is 9.88 Å². The Hall–Kier alpha value is -1.000. The van der Waals surface area contributed by atoms with E-state index in [2.05, 4.69) is 29.8 Å². The van der Waals surface area contributed by atoms with E-state index < -0.39 is 0 Å². The standard InChI is InChI=1S/C19H31N3O.ClH/c1-13-11-17(14(2)22(13)16-8-4-3-5-9-16)19(23)21-18-10-6-7-15(18)12-20;/h11,15-16,18H,3-10,12,20H2,1-2H3,(H,21,23);1H. The number of aryl methyl sites for hydroxylation is 1. The van der Waals surface area contributed by atoms with Crippen molar-refractivity contribution in [2.24, 2.45) is 11.7 Å². The van der Waals surface area contributed by atoms with E-state index in [9.17, 15) is 4.79 Å². The molecule has 2 aliphatic carbocycles. The summed E-state index contributed by atoms with van der Waals surface area (Å²) in [5, 5.41) is 3.25. The summed E-state index contributed by atoms with van der Waals surface area (Å²) in [6, 6.07) is 2.91. The van der Waals surface area contributed by atoms with Gasteiger partial charge in [0.2, 0.25) is 0 Å². The fourth-order valence-electron chi connectivity index (χ4n) is 4.66. The van der Waals surface area contributed by atoms with E-state index in [0.717, 1.165) is 24.1 Å². The maximum atomic E-state index is 12.8. The SMILES string of the molecule is Cc1cc(C(=O)NC2CCCC2CN)c(C)n1C1CCCCC1.Cl. The maximum absolute atomic E-state index is 12.8. The Balaban J connectivity index is 0.00000208. The molecule has 4 nitrogen and oxygen atoms in total. The molecule has 2 atom stereocenters. The first-order chi connectivity index (χ1) is 11.1. The summed E-state index contributed by atoms with van der Waals surface area (Å²) in [5.41, 5.74) is 9.05. The van der Waals surface area contributed by atoms with Crippen molar-refractivity contribution >= 4 is 18.3 Å². The molecule has 0 spiro atoms. The number of rotatable bonds is 4. The molecule has 0 aromatic carbocycles. The lowest BCUT2D eigenvalue weighted by Crippen LogP contribution is -2.40. The number of nitrogens with two attached hydrogens (primary N) is 1. The fourth-order valence-corrected chi connectivity index (χ4v) is 4.66. The molecule has 2 aliphatic rings. The second-order valence-corrected chi connectivity index (χ2v) is 7.45. The largest absolute Gasteiger partial charge is 0.349 e. The van der Waals surface area contributed by atoms with Crippen LogP contribution in [0.25, 0.3) is 0 Å². The minimum absolute atomic E-state index is 0. The highest BCUT2D eigenvalue weighted by Crippen LogP contribution is 2.32. The Morgan fingerprint density at radius 2 is 1.88 bits per heavy atom. The average Bonchev–Trinajstić information content (AvgIpc) is 3.12. The molecular formula is C19H32ClN3O. The van der Waals surface area contributed by atoms with Crippen LogP contribution in [0.3, 0.4) is 0 Å². The molecule has 24 heavy (non-hydrogen) atoms. The number of hydrogen-bond donors (Lipinski definition) is 2. The first-order valence-electron chi connectivity index (χ1n) is 9.31. The number of amides is 1. The molecule has 1 amide bonds. The summed E-state index contributed by atoms with van der Waals surface area (Å²) in [5.74, 6) is 0.534. The van der Waals surface area contributed by atoms with Crippen LogP contribution in [0.4, 0.5) is 0 Å². The first-order valence-corrected chi connectivity index (χ1v) is 9.31. The zero-order valence-corrected chi connectivity index (χ0v) is 15.8. The third kappa shape index (κ3) is 3.80. The number of nitrogens with one attached hydrogen (secondary N) is 1. The monoisotopic (exact) mass is 353 g/mol. The second kappa shape index (κ2) is 8.39. The summed E-state index contributed by atoms with van der Waals surface area (Å²) in [7, 11) is 0. The maximum Gasteiger partial charge on any atom is 0.253 e. The van der Waals surface area contributed by atoms with Gasteiger partial charge in [-0.1, -0.05) is 25.7 Å². The predicted octanol–water partition coefficient (Wildman–Crippen LogP) is 3.89. The van der Waals surface area contributed by atoms with Gasteiger partial charge in [0.25, 0.3) is 5.91 Å². The highest BCUT2D eigenvalue weighted by Gasteiger charge is 2.29. The molecule has 136 valence electrons. The van der Waals surface area contributed by atoms with Crippen molar-refractivity contribution < 1.29 is 4.79 Å². The lowest BCUT2D eigenvalue weighted by Gasteiger charge is -2.26. The van der Waals surface area contributed by atoms with E-state index in [4.69, 9.17) is 5.73 Å². The van der Waals surface area contributed by atoms with Gasteiger partial charge < -0.3 is 15.6 Å². The van der Waals surface area contributed by atoms with Gasteiger partial charge in [-0.2, -0.15) is 0 Å². The quantitative estimate of drug-likeness (QED) is 0.862. The summed E-state index contributed by atoms with van der Waals surface area (Å²) >= 11 is 0. The Morgan fingerprint density at radius 1 is 1.17 bits per heavy atom. The topological polar surface area (TPSA) is 60.1 Å². The molecule has 2 unspecified atom stereocenters. The van der Waals surface area contributed by atoms with E-state index in [0.29, 0.717) is 18.5 Å². The molecule has 0 aliphatic heterocycles. The number of hydrogen-bond acceptors (Lipinski definition) is 2. The van der Waals surface area contributed by atoms with Gasteiger partial charge in [0, 0.05) is 23.5 Å². The summed E-state index contributed by atoms with van der Waals surface area (Å²) in [4.78, 5) is 12.8. The van der Waals surface area contributed by atoms with Gasteiger partial charge in [0.15, 0.2) is 0 Å². The molecule has 1 aromatic heterocycles. The van der Waals surface area contributed by atoms with Crippen LogP contribution in [-0.4, -0.2) is 23.1 Å². The Bertz CT molecular complexity index is 563. The molecule has 2 saturated carbocycles. The number of aromatic nitrogens is 1. The lowest BCUT2D eigenvalue weighted by atomic mass is 9.95. The average molecular weight is 354 g/mol. The van der Waals surface area contributed by atoms with Gasteiger partial charge in [0.1, 0.15) is 0 Å². The minimum atomic E-state index is 0. The van der Waals surface area contributed by atoms with Crippen LogP contribution in [0, 0.1) is 19.8 Å². The predicted molar refractivity (Wildman–Crippen MR) is 101 cm³/mol. The fraction of sp³-hybridized carbons (Fsp3) is 0.737. The van der Waals surface area contributed by atoms with Crippen molar-refractivity contribution in [2.45, 2.75) is 77.3 Å². The lowest BCUT2D eigenvalue weighted by molar-refractivity contribution is 0.0928. The van der Waals surface area contributed by atoms with Gasteiger partial charge in [0.05, 0.1) is 5.56 Å². The number of nitrogens with zero attached hydrogens (tertiary/aromatic N) is 1. The number of halogens is 1. The van der Waals surface area contributed by atoms with Crippen molar-refractivity contribution in [2.75, 3.05) is 6.54 Å². The van der Waals surface area contributed by atoms with Gasteiger partial charge in [-0.3, -0.25) is 4.79 Å². The molecule has 2 fully saturated rings. The Kier molecular flexibility index (Phi) is 6.76. The van der Waals surface area contributed by atoms with E-state index in [-0.39, 0.29) is 24.4 Å². The molecule has 1 heterocycles. The van der Waals surface area contributed by atoms with E-state index in [1.54, 1.807) is 0 Å². The third-order valence-electron chi connectivity index (χ3n) is 5.95. The second-order valence-electron chi connectivity index (χ2n) is 7.45.